The van der Waals surface area contributed by atoms with E-state index in [0.29, 0.717) is 19.6 Å². The lowest BCUT2D eigenvalue weighted by Crippen LogP contribution is -2.59. The van der Waals surface area contributed by atoms with Crippen LogP contribution >= 0.6 is 0 Å². The molecule has 1 atom stereocenters. The minimum absolute atomic E-state index is 0.0734. The molecule has 1 saturated heterocycles. The number of carbonyl (C=O) groups excluding carboxylic acids is 2. The highest BCUT2D eigenvalue weighted by molar-refractivity contribution is 7.90. The molecule has 1 unspecified atom stereocenters. The Balaban J connectivity index is 2.71. The van der Waals surface area contributed by atoms with Crippen molar-refractivity contribution in [2.45, 2.75) is 12.5 Å². The zero-order valence-corrected chi connectivity index (χ0v) is 12.4. The Morgan fingerprint density at radius 2 is 2.00 bits per heavy atom. The fraction of sp³-hybridized carbons (Fsp3) is 0.818. The minimum atomic E-state index is -3.17. The van der Waals surface area contributed by atoms with Crippen molar-refractivity contribution in [1.82, 2.24) is 15.1 Å². The summed E-state index contributed by atoms with van der Waals surface area (Å²) in [5.74, 6) is -0.620. The third-order valence-electron chi connectivity index (χ3n) is 2.98. The summed E-state index contributed by atoms with van der Waals surface area (Å²) in [6.45, 7) is 1.44. The predicted octanol–water partition coefficient (Wildman–Crippen LogP) is -1.69. The number of nitrogens with zero attached hydrogens (tertiary/aromatic N) is 2. The van der Waals surface area contributed by atoms with E-state index in [1.54, 1.807) is 14.1 Å². The summed E-state index contributed by atoms with van der Waals surface area (Å²) in [5, 5.41) is 3.07. The number of hydrogen-bond acceptors (Lipinski definition) is 5. The second-order valence-electron chi connectivity index (χ2n) is 4.92. The molecule has 2 amide bonds. The van der Waals surface area contributed by atoms with E-state index in [0.717, 1.165) is 6.26 Å². The van der Waals surface area contributed by atoms with Gasteiger partial charge in [0, 0.05) is 46.4 Å². The molecule has 0 aromatic carbocycles. The molecule has 1 fully saturated rings. The maximum Gasteiger partial charge on any atom is 0.246 e. The normalized spacial score (nSPS) is 20.2. The standard InChI is InChI=1S/C11H21N3O4S/c1-13(2)11(16)9-8-12-5-6-14(9)10(15)4-7-19(3,17)18/h9,12H,4-8H2,1-3H3. The molecule has 110 valence electrons. The summed E-state index contributed by atoms with van der Waals surface area (Å²) in [7, 11) is 0.0997. The highest BCUT2D eigenvalue weighted by Gasteiger charge is 2.32. The lowest BCUT2D eigenvalue weighted by atomic mass is 10.1. The van der Waals surface area contributed by atoms with Crippen LogP contribution in [0.1, 0.15) is 6.42 Å². The van der Waals surface area contributed by atoms with Crippen LogP contribution in [-0.2, 0) is 19.4 Å². The third kappa shape index (κ3) is 4.79. The molecular weight excluding hydrogens is 270 g/mol. The summed E-state index contributed by atoms with van der Waals surface area (Å²) in [5.41, 5.74) is 0. The van der Waals surface area contributed by atoms with E-state index < -0.39 is 15.9 Å². The number of amides is 2. The molecule has 0 spiro atoms. The van der Waals surface area contributed by atoms with Gasteiger partial charge in [-0.15, -0.1) is 0 Å². The van der Waals surface area contributed by atoms with Crippen molar-refractivity contribution in [3.8, 4) is 0 Å². The van der Waals surface area contributed by atoms with E-state index >= 15 is 0 Å². The molecule has 1 N–H and O–H groups in total. The van der Waals surface area contributed by atoms with Crippen LogP contribution in [0.3, 0.4) is 0 Å². The van der Waals surface area contributed by atoms with E-state index in [-0.39, 0.29) is 24.0 Å². The number of nitrogens with one attached hydrogen (secondary N) is 1. The van der Waals surface area contributed by atoms with Crippen LogP contribution in [0, 0.1) is 0 Å². The first-order chi connectivity index (χ1) is 8.72. The Kier molecular flexibility index (Phi) is 5.30. The summed E-state index contributed by atoms with van der Waals surface area (Å²) in [4.78, 5) is 26.9. The smallest absolute Gasteiger partial charge is 0.246 e. The summed E-state index contributed by atoms with van der Waals surface area (Å²) in [6.07, 6.45) is 1.02. The Morgan fingerprint density at radius 3 is 2.53 bits per heavy atom. The number of rotatable bonds is 4. The van der Waals surface area contributed by atoms with Gasteiger partial charge in [-0.1, -0.05) is 0 Å². The van der Waals surface area contributed by atoms with E-state index in [1.807, 2.05) is 0 Å². The fourth-order valence-electron chi connectivity index (χ4n) is 1.94. The quantitative estimate of drug-likeness (QED) is 0.668. The van der Waals surface area contributed by atoms with Crippen molar-refractivity contribution in [3.63, 3.8) is 0 Å². The summed E-state index contributed by atoms with van der Waals surface area (Å²) < 4.78 is 22.2. The van der Waals surface area contributed by atoms with Crippen molar-refractivity contribution in [3.05, 3.63) is 0 Å². The fourth-order valence-corrected chi connectivity index (χ4v) is 2.48. The van der Waals surface area contributed by atoms with E-state index in [4.69, 9.17) is 0 Å². The van der Waals surface area contributed by atoms with Gasteiger partial charge in [-0.2, -0.15) is 0 Å². The average Bonchev–Trinajstić information content (AvgIpc) is 2.34. The molecule has 0 saturated carbocycles. The van der Waals surface area contributed by atoms with Crippen molar-refractivity contribution < 1.29 is 18.0 Å². The van der Waals surface area contributed by atoms with Gasteiger partial charge in [0.2, 0.25) is 11.8 Å². The second kappa shape index (κ2) is 6.33. The van der Waals surface area contributed by atoms with Crippen LogP contribution in [-0.4, -0.2) is 81.8 Å². The average molecular weight is 291 g/mol. The topological polar surface area (TPSA) is 86.8 Å². The highest BCUT2D eigenvalue weighted by Crippen LogP contribution is 2.09. The first kappa shape index (κ1) is 15.9. The molecule has 1 aliphatic heterocycles. The predicted molar refractivity (Wildman–Crippen MR) is 71.4 cm³/mol. The Bertz CT molecular complexity index is 447. The third-order valence-corrected chi connectivity index (χ3v) is 3.92. The molecule has 1 rings (SSSR count). The van der Waals surface area contributed by atoms with Crippen LogP contribution in [0.4, 0.5) is 0 Å². The van der Waals surface area contributed by atoms with Crippen LogP contribution < -0.4 is 5.32 Å². The van der Waals surface area contributed by atoms with Gasteiger partial charge in [-0.3, -0.25) is 9.59 Å². The van der Waals surface area contributed by atoms with Crippen LogP contribution in [0.2, 0.25) is 0 Å². The van der Waals surface area contributed by atoms with E-state index in [9.17, 15) is 18.0 Å². The first-order valence-electron chi connectivity index (χ1n) is 6.11. The Labute approximate surface area is 113 Å². The molecular formula is C11H21N3O4S. The summed E-state index contributed by atoms with van der Waals surface area (Å²) >= 11 is 0. The molecule has 8 heteroatoms. The minimum Gasteiger partial charge on any atom is -0.347 e. The van der Waals surface area contributed by atoms with Crippen molar-refractivity contribution in [1.29, 1.82) is 0 Å². The van der Waals surface area contributed by atoms with Gasteiger partial charge in [0.15, 0.2) is 0 Å². The Hall–Kier alpha value is -1.15. The number of sulfone groups is 1. The van der Waals surface area contributed by atoms with Crippen molar-refractivity contribution >= 4 is 21.7 Å². The highest BCUT2D eigenvalue weighted by atomic mass is 32.2. The SMILES string of the molecule is CN(C)C(=O)C1CNCCN1C(=O)CCS(C)(=O)=O. The zero-order chi connectivity index (χ0) is 14.6. The molecule has 19 heavy (non-hydrogen) atoms. The maximum atomic E-state index is 12.0. The molecule has 1 heterocycles. The van der Waals surface area contributed by atoms with Gasteiger partial charge in [0.1, 0.15) is 15.9 Å². The Morgan fingerprint density at radius 1 is 1.37 bits per heavy atom. The molecule has 1 aliphatic rings. The summed E-state index contributed by atoms with van der Waals surface area (Å²) in [6, 6.07) is -0.546. The molecule has 0 aliphatic carbocycles. The largest absolute Gasteiger partial charge is 0.347 e. The van der Waals surface area contributed by atoms with Gasteiger partial charge in [-0.05, 0) is 0 Å². The van der Waals surface area contributed by atoms with Crippen molar-refractivity contribution in [2.24, 2.45) is 0 Å². The molecule has 0 radical (unpaired) electrons. The lowest BCUT2D eigenvalue weighted by molar-refractivity contribution is -0.145. The maximum absolute atomic E-state index is 12.0. The van der Waals surface area contributed by atoms with Gasteiger partial charge < -0.3 is 15.1 Å². The first-order valence-corrected chi connectivity index (χ1v) is 8.17. The number of carbonyl (C=O) groups is 2. The number of likely N-dealkylation sites (N-methyl/N-ethyl adjacent to an activating group) is 1. The number of hydrogen-bond donors (Lipinski definition) is 1. The van der Waals surface area contributed by atoms with Gasteiger partial charge in [0.05, 0.1) is 5.75 Å². The van der Waals surface area contributed by atoms with Crippen molar-refractivity contribution in [2.75, 3.05) is 45.7 Å². The monoisotopic (exact) mass is 291 g/mol. The lowest BCUT2D eigenvalue weighted by Gasteiger charge is -2.36. The van der Waals surface area contributed by atoms with Gasteiger partial charge >= 0.3 is 0 Å². The molecule has 0 bridgehead atoms. The molecule has 7 nitrogen and oxygen atoms in total. The zero-order valence-electron chi connectivity index (χ0n) is 11.5. The van der Waals surface area contributed by atoms with Crippen LogP contribution in [0.25, 0.3) is 0 Å². The van der Waals surface area contributed by atoms with E-state index in [1.165, 1.54) is 9.80 Å². The van der Waals surface area contributed by atoms with E-state index in [2.05, 4.69) is 5.32 Å². The van der Waals surface area contributed by atoms with Gasteiger partial charge in [0.25, 0.3) is 0 Å². The second-order valence-corrected chi connectivity index (χ2v) is 7.18. The van der Waals surface area contributed by atoms with Crippen LogP contribution in [0.5, 0.6) is 0 Å². The molecule has 0 aromatic rings. The van der Waals surface area contributed by atoms with Crippen LogP contribution in [0.15, 0.2) is 0 Å². The molecule has 0 aromatic heterocycles. The number of piperazine rings is 1. The van der Waals surface area contributed by atoms with Gasteiger partial charge in [-0.25, -0.2) is 8.42 Å².